The van der Waals surface area contributed by atoms with Crippen molar-refractivity contribution in [3.8, 4) is 0 Å². The number of fused-ring (bicyclic) bond motifs is 6. The maximum absolute atomic E-state index is 13.9. The van der Waals surface area contributed by atoms with Crippen molar-refractivity contribution in [2.45, 2.75) is 91.2 Å². The van der Waals surface area contributed by atoms with E-state index in [-0.39, 0.29) is 5.91 Å². The summed E-state index contributed by atoms with van der Waals surface area (Å²) in [6.45, 7) is 13.1. The number of hydrogen-bond acceptors (Lipinski definition) is 5. The van der Waals surface area contributed by atoms with Crippen LogP contribution in [-0.4, -0.2) is 42.6 Å². The lowest BCUT2D eigenvalue weighted by Gasteiger charge is -2.41. The molecule has 1 unspecified atom stereocenters. The third kappa shape index (κ3) is 6.32. The summed E-state index contributed by atoms with van der Waals surface area (Å²) in [7, 11) is 0. The highest BCUT2D eigenvalue weighted by Gasteiger charge is 2.51. The first-order valence-corrected chi connectivity index (χ1v) is 15.0. The molecular weight excluding hydrogens is 484 g/mol. The first-order valence-electron chi connectivity index (χ1n) is 15.0. The smallest absolute Gasteiger partial charge is 0.258 e. The summed E-state index contributed by atoms with van der Waals surface area (Å²) >= 11 is 0. The normalized spacial score (nSPS) is 24.1. The molecule has 3 aliphatic heterocycles. The summed E-state index contributed by atoms with van der Waals surface area (Å²) in [6, 6.07) is 6.05. The predicted octanol–water partition coefficient (Wildman–Crippen LogP) is 6.73. The Kier molecular flexibility index (Phi) is 8.32. The molecule has 0 aromatic heterocycles. The van der Waals surface area contributed by atoms with Crippen LogP contribution in [0.4, 0.5) is 11.4 Å². The van der Waals surface area contributed by atoms with Gasteiger partial charge in [0.15, 0.2) is 0 Å². The standard InChI is InChI=1S/C33H46N4O2/c1-5-17-37(25(4)38)28-12-13-29-30(21-28)36-18-16-33(14-15-33)26(22-36)9-7-6-8-23(2)19-27-11-10-24(3)20-31(34-27)35-32(29)39/h10,12-13,20-21,25-26,38H,2,5-9,11,14-19,22H2,1,3-4H3,(H,35,39)/t25?,26-/m1/s1. The number of hydrogen-bond donors (Lipinski definition) is 2. The van der Waals surface area contributed by atoms with Gasteiger partial charge in [-0.1, -0.05) is 37.1 Å². The minimum atomic E-state index is -0.597. The van der Waals surface area contributed by atoms with E-state index in [1.807, 2.05) is 30.0 Å². The second-order valence-electron chi connectivity index (χ2n) is 12.3. The van der Waals surface area contributed by atoms with E-state index in [2.05, 4.69) is 42.8 Å². The van der Waals surface area contributed by atoms with Crippen molar-refractivity contribution in [1.82, 2.24) is 5.32 Å². The van der Waals surface area contributed by atoms with E-state index in [9.17, 15) is 9.90 Å². The second-order valence-corrected chi connectivity index (χ2v) is 12.3. The van der Waals surface area contributed by atoms with E-state index in [1.165, 1.54) is 44.1 Å². The van der Waals surface area contributed by atoms with E-state index in [0.717, 1.165) is 68.0 Å². The summed E-state index contributed by atoms with van der Waals surface area (Å²) in [5.41, 5.74) is 6.50. The number of anilines is 2. The van der Waals surface area contributed by atoms with Gasteiger partial charge in [0.05, 0.1) is 11.3 Å². The number of aliphatic imine (C=N–C) groups is 1. The van der Waals surface area contributed by atoms with Crippen molar-refractivity contribution in [1.29, 1.82) is 0 Å². The van der Waals surface area contributed by atoms with Crippen molar-refractivity contribution in [3.05, 3.63) is 59.5 Å². The molecule has 39 heavy (non-hydrogen) atoms. The Bertz CT molecular complexity index is 1190. The lowest BCUT2D eigenvalue weighted by Crippen LogP contribution is -2.43. The Hall–Kier alpha value is -2.86. The lowest BCUT2D eigenvalue weighted by molar-refractivity contribution is 0.0965. The Morgan fingerprint density at radius 2 is 2.10 bits per heavy atom. The topological polar surface area (TPSA) is 68.2 Å². The minimum absolute atomic E-state index is 0.131. The average molecular weight is 531 g/mol. The molecule has 1 amide bonds. The zero-order valence-corrected chi connectivity index (χ0v) is 24.1. The predicted molar refractivity (Wildman–Crippen MR) is 161 cm³/mol. The van der Waals surface area contributed by atoms with Gasteiger partial charge in [-0.3, -0.25) is 4.79 Å². The zero-order chi connectivity index (χ0) is 27.6. The monoisotopic (exact) mass is 530 g/mol. The number of aliphatic hydroxyl groups excluding tert-OH is 1. The van der Waals surface area contributed by atoms with Gasteiger partial charge in [0.25, 0.3) is 5.91 Å². The number of amides is 1. The van der Waals surface area contributed by atoms with Crippen LogP contribution in [0.15, 0.2) is 58.9 Å². The van der Waals surface area contributed by atoms with Gasteiger partial charge >= 0.3 is 0 Å². The average Bonchev–Trinajstić information content (AvgIpc) is 3.70. The summed E-state index contributed by atoms with van der Waals surface area (Å²) in [5.74, 6) is 1.12. The molecule has 1 aromatic rings. The number of rotatable bonds is 4. The van der Waals surface area contributed by atoms with Gasteiger partial charge in [-0.15, -0.1) is 0 Å². The van der Waals surface area contributed by atoms with Crippen LogP contribution in [0.2, 0.25) is 0 Å². The summed E-state index contributed by atoms with van der Waals surface area (Å²) in [4.78, 5) is 23.2. The highest BCUT2D eigenvalue weighted by atomic mass is 16.3. The van der Waals surface area contributed by atoms with Crippen LogP contribution in [-0.2, 0) is 0 Å². The Balaban J connectivity index is 1.54. The highest BCUT2D eigenvalue weighted by molar-refractivity contribution is 6.02. The van der Waals surface area contributed by atoms with Crippen LogP contribution in [0.1, 0.15) is 95.3 Å². The molecule has 4 aliphatic rings. The van der Waals surface area contributed by atoms with E-state index in [4.69, 9.17) is 4.99 Å². The van der Waals surface area contributed by atoms with Crippen LogP contribution in [0.25, 0.3) is 0 Å². The minimum Gasteiger partial charge on any atom is -0.374 e. The molecule has 210 valence electrons. The number of nitrogens with zero attached hydrogens (tertiary/aromatic N) is 3. The van der Waals surface area contributed by atoms with E-state index >= 15 is 0 Å². The van der Waals surface area contributed by atoms with Crippen LogP contribution in [0.3, 0.4) is 0 Å². The lowest BCUT2D eigenvalue weighted by atomic mass is 9.78. The molecule has 1 aliphatic carbocycles. The van der Waals surface area contributed by atoms with Crippen molar-refractivity contribution in [2.24, 2.45) is 16.3 Å². The van der Waals surface area contributed by atoms with Gasteiger partial charge in [-0.05, 0) is 94.4 Å². The maximum atomic E-state index is 13.9. The van der Waals surface area contributed by atoms with Crippen LogP contribution in [0, 0.1) is 11.3 Å². The van der Waals surface area contributed by atoms with E-state index in [1.54, 1.807) is 0 Å². The fraction of sp³-hybridized carbons (Fsp3) is 0.576. The molecule has 0 radical (unpaired) electrons. The van der Waals surface area contributed by atoms with Gasteiger partial charge in [-0.2, -0.15) is 0 Å². The molecule has 4 bridgehead atoms. The van der Waals surface area contributed by atoms with Crippen LogP contribution in [0.5, 0.6) is 0 Å². The zero-order valence-electron chi connectivity index (χ0n) is 24.1. The van der Waals surface area contributed by atoms with E-state index in [0.29, 0.717) is 22.7 Å². The van der Waals surface area contributed by atoms with E-state index < -0.39 is 6.23 Å². The van der Waals surface area contributed by atoms with Gasteiger partial charge in [0.1, 0.15) is 12.0 Å². The van der Waals surface area contributed by atoms with Gasteiger partial charge in [-0.25, -0.2) is 4.99 Å². The van der Waals surface area contributed by atoms with Gasteiger partial charge in [0.2, 0.25) is 0 Å². The molecule has 1 spiro atoms. The number of benzene rings is 1. The van der Waals surface area contributed by atoms with Crippen LogP contribution < -0.4 is 15.1 Å². The van der Waals surface area contributed by atoms with Gasteiger partial charge < -0.3 is 20.2 Å². The molecule has 1 saturated heterocycles. The summed E-state index contributed by atoms with van der Waals surface area (Å²) < 4.78 is 0. The third-order valence-electron chi connectivity index (χ3n) is 9.22. The summed E-state index contributed by atoms with van der Waals surface area (Å²) in [6.07, 6.45) is 14.6. The SMILES string of the molecule is C=C1CCCC[C@@H]2CN(CCC23CC3)c2cc(N(CCC)C(C)O)ccc2C(=O)NC2=CC(C)=CCC(=N2)C1. The van der Waals surface area contributed by atoms with Gasteiger partial charge in [0, 0.05) is 43.9 Å². The van der Waals surface area contributed by atoms with Crippen molar-refractivity contribution in [3.63, 3.8) is 0 Å². The number of aliphatic hydroxyl groups is 1. The third-order valence-corrected chi connectivity index (χ3v) is 9.22. The Labute approximate surface area is 234 Å². The van der Waals surface area contributed by atoms with Crippen LogP contribution >= 0.6 is 0 Å². The second kappa shape index (κ2) is 11.7. The van der Waals surface area contributed by atoms with Crippen molar-refractivity contribution >= 4 is 23.0 Å². The highest BCUT2D eigenvalue weighted by Crippen LogP contribution is 2.58. The molecular formula is C33H46N4O2. The first-order chi connectivity index (χ1) is 18.8. The molecule has 1 saturated carbocycles. The fourth-order valence-electron chi connectivity index (χ4n) is 6.78. The molecule has 2 N–H and O–H groups in total. The maximum Gasteiger partial charge on any atom is 0.258 e. The molecule has 5 rings (SSSR count). The Morgan fingerprint density at radius 3 is 2.85 bits per heavy atom. The molecule has 2 fully saturated rings. The molecule has 1 aromatic carbocycles. The van der Waals surface area contributed by atoms with Crippen molar-refractivity contribution < 1.29 is 9.90 Å². The first kappa shape index (κ1) is 27.7. The fourth-order valence-corrected chi connectivity index (χ4v) is 6.78. The van der Waals surface area contributed by atoms with Crippen molar-refractivity contribution in [2.75, 3.05) is 29.4 Å². The number of nitrogens with one attached hydrogen (secondary N) is 1. The largest absolute Gasteiger partial charge is 0.374 e. The number of carbonyl (C=O) groups is 1. The molecule has 2 atom stereocenters. The number of allylic oxidation sites excluding steroid dienone is 4. The number of carbonyl (C=O) groups excluding carboxylic acids is 1. The Morgan fingerprint density at radius 1 is 1.28 bits per heavy atom. The molecule has 3 heterocycles. The quantitative estimate of drug-likeness (QED) is 0.335. The number of piperidine rings is 1. The summed E-state index contributed by atoms with van der Waals surface area (Å²) in [5, 5.41) is 13.7. The molecule has 6 nitrogen and oxygen atoms in total. The molecule has 6 heteroatoms.